The third kappa shape index (κ3) is 1.09. The molecule has 1 aromatic rings. The molecule has 1 saturated heterocycles. The van der Waals surface area contributed by atoms with Gasteiger partial charge in [0.1, 0.15) is 0 Å². The van der Waals surface area contributed by atoms with Crippen LogP contribution in [0.4, 0.5) is 0 Å². The second-order valence-corrected chi connectivity index (χ2v) is 3.80. The Labute approximate surface area is 77.3 Å². The quantitative estimate of drug-likeness (QED) is 0.619. The van der Waals surface area contributed by atoms with Crippen LogP contribution >= 0.6 is 0 Å². The summed E-state index contributed by atoms with van der Waals surface area (Å²) in [5, 5.41) is 11.1. The molecule has 2 aliphatic rings. The van der Waals surface area contributed by atoms with Gasteiger partial charge in [-0.05, 0) is 18.5 Å². The summed E-state index contributed by atoms with van der Waals surface area (Å²) >= 11 is 0. The molecule has 0 aliphatic carbocycles. The van der Waals surface area contributed by atoms with Crippen molar-refractivity contribution in [2.75, 3.05) is 19.6 Å². The standard InChI is InChI=1S/C9H14N4/c1-2-10-6-9-7(1)3-12-13(9)8-4-11-5-8/h3,8,10-11H,1-2,4-6H2. The Kier molecular flexibility index (Phi) is 1.63. The van der Waals surface area contributed by atoms with E-state index in [4.69, 9.17) is 0 Å². The van der Waals surface area contributed by atoms with Crippen LogP contribution < -0.4 is 10.6 Å². The van der Waals surface area contributed by atoms with E-state index in [1.807, 2.05) is 6.20 Å². The van der Waals surface area contributed by atoms with Crippen molar-refractivity contribution in [1.29, 1.82) is 0 Å². The molecule has 13 heavy (non-hydrogen) atoms. The third-order valence-corrected chi connectivity index (χ3v) is 2.95. The normalized spacial score (nSPS) is 22.5. The van der Waals surface area contributed by atoms with E-state index in [0.717, 1.165) is 32.6 Å². The van der Waals surface area contributed by atoms with E-state index >= 15 is 0 Å². The second-order valence-electron chi connectivity index (χ2n) is 3.80. The molecule has 1 fully saturated rings. The average molecular weight is 178 g/mol. The molecule has 0 atom stereocenters. The van der Waals surface area contributed by atoms with E-state index in [1.54, 1.807) is 0 Å². The highest BCUT2D eigenvalue weighted by molar-refractivity contribution is 5.21. The molecular formula is C9H14N4. The summed E-state index contributed by atoms with van der Waals surface area (Å²) in [6.45, 7) is 4.25. The number of hydrogen-bond donors (Lipinski definition) is 2. The number of aromatic nitrogens is 2. The van der Waals surface area contributed by atoms with Gasteiger partial charge in [-0.15, -0.1) is 0 Å². The summed E-state index contributed by atoms with van der Waals surface area (Å²) in [6, 6.07) is 0.601. The first-order valence-electron chi connectivity index (χ1n) is 4.92. The van der Waals surface area contributed by atoms with E-state index < -0.39 is 0 Å². The minimum absolute atomic E-state index is 0.601. The molecule has 0 spiro atoms. The van der Waals surface area contributed by atoms with Gasteiger partial charge in [-0.25, -0.2) is 0 Å². The number of rotatable bonds is 1. The fourth-order valence-electron chi connectivity index (χ4n) is 2.02. The predicted octanol–water partition coefficient (Wildman–Crippen LogP) is -0.327. The Balaban J connectivity index is 1.95. The maximum absolute atomic E-state index is 4.46. The van der Waals surface area contributed by atoms with Crippen LogP contribution in [-0.2, 0) is 13.0 Å². The van der Waals surface area contributed by atoms with E-state index in [9.17, 15) is 0 Å². The molecule has 3 rings (SSSR count). The lowest BCUT2D eigenvalue weighted by atomic mass is 10.1. The molecule has 4 nitrogen and oxygen atoms in total. The van der Waals surface area contributed by atoms with Gasteiger partial charge in [0.05, 0.1) is 17.9 Å². The van der Waals surface area contributed by atoms with Crippen molar-refractivity contribution in [3.63, 3.8) is 0 Å². The van der Waals surface area contributed by atoms with E-state index in [1.165, 1.54) is 11.3 Å². The van der Waals surface area contributed by atoms with Crippen molar-refractivity contribution in [2.45, 2.75) is 19.0 Å². The molecule has 0 bridgehead atoms. The zero-order chi connectivity index (χ0) is 8.67. The van der Waals surface area contributed by atoms with Gasteiger partial charge in [0.25, 0.3) is 0 Å². The molecule has 0 amide bonds. The van der Waals surface area contributed by atoms with Gasteiger partial charge in [-0.3, -0.25) is 4.68 Å². The van der Waals surface area contributed by atoms with Gasteiger partial charge >= 0.3 is 0 Å². The van der Waals surface area contributed by atoms with Crippen molar-refractivity contribution in [1.82, 2.24) is 20.4 Å². The lowest BCUT2D eigenvalue weighted by Crippen LogP contribution is -2.45. The first kappa shape index (κ1) is 7.53. The van der Waals surface area contributed by atoms with Gasteiger partial charge in [0.2, 0.25) is 0 Å². The van der Waals surface area contributed by atoms with Crippen LogP contribution in [0.2, 0.25) is 0 Å². The van der Waals surface area contributed by atoms with Gasteiger partial charge in [0.15, 0.2) is 0 Å². The molecule has 0 unspecified atom stereocenters. The second kappa shape index (κ2) is 2.82. The summed E-state index contributed by atoms with van der Waals surface area (Å²) in [6.07, 6.45) is 3.17. The highest BCUT2D eigenvalue weighted by Crippen LogP contribution is 2.19. The number of nitrogens with one attached hydrogen (secondary N) is 2. The fourth-order valence-corrected chi connectivity index (χ4v) is 2.02. The molecule has 1 aromatic heterocycles. The summed E-state index contributed by atoms with van der Waals surface area (Å²) in [7, 11) is 0. The van der Waals surface area contributed by atoms with E-state index in [2.05, 4.69) is 20.4 Å². The Morgan fingerprint density at radius 2 is 2.31 bits per heavy atom. The molecule has 3 heterocycles. The molecule has 2 aliphatic heterocycles. The Bertz CT molecular complexity index is 313. The zero-order valence-electron chi connectivity index (χ0n) is 7.58. The molecular weight excluding hydrogens is 164 g/mol. The topological polar surface area (TPSA) is 41.9 Å². The van der Waals surface area contributed by atoms with Gasteiger partial charge in [0, 0.05) is 19.6 Å². The van der Waals surface area contributed by atoms with Crippen molar-refractivity contribution in [3.8, 4) is 0 Å². The molecule has 0 radical (unpaired) electrons. The lowest BCUT2D eigenvalue weighted by molar-refractivity contribution is 0.307. The van der Waals surface area contributed by atoms with Crippen molar-refractivity contribution >= 4 is 0 Å². The fraction of sp³-hybridized carbons (Fsp3) is 0.667. The Morgan fingerprint density at radius 3 is 3.08 bits per heavy atom. The highest BCUT2D eigenvalue weighted by atomic mass is 15.3. The largest absolute Gasteiger partial charge is 0.312 e. The van der Waals surface area contributed by atoms with Crippen LogP contribution in [0, 0.1) is 0 Å². The van der Waals surface area contributed by atoms with Crippen LogP contribution in [0.15, 0.2) is 6.20 Å². The van der Waals surface area contributed by atoms with Gasteiger partial charge in [-0.1, -0.05) is 0 Å². The average Bonchev–Trinajstić information content (AvgIpc) is 2.47. The first-order chi connectivity index (χ1) is 6.45. The molecule has 0 aromatic carbocycles. The van der Waals surface area contributed by atoms with Crippen molar-refractivity contribution < 1.29 is 0 Å². The maximum atomic E-state index is 4.46. The van der Waals surface area contributed by atoms with Crippen molar-refractivity contribution in [3.05, 3.63) is 17.5 Å². The van der Waals surface area contributed by atoms with E-state index in [0.29, 0.717) is 6.04 Å². The van der Waals surface area contributed by atoms with Gasteiger partial charge in [-0.2, -0.15) is 5.10 Å². The molecule has 4 heteroatoms. The Hall–Kier alpha value is -0.870. The molecule has 70 valence electrons. The van der Waals surface area contributed by atoms with Gasteiger partial charge < -0.3 is 10.6 Å². The summed E-state index contributed by atoms with van der Waals surface area (Å²) in [5.41, 5.74) is 2.84. The highest BCUT2D eigenvalue weighted by Gasteiger charge is 2.24. The van der Waals surface area contributed by atoms with Crippen LogP contribution in [0.3, 0.4) is 0 Å². The summed E-state index contributed by atoms with van der Waals surface area (Å²) in [4.78, 5) is 0. The SMILES string of the molecule is c1nn(C2CNC2)c2c1CCNC2. The lowest BCUT2D eigenvalue weighted by Gasteiger charge is -2.30. The summed E-state index contributed by atoms with van der Waals surface area (Å²) in [5.74, 6) is 0. The number of fused-ring (bicyclic) bond motifs is 1. The first-order valence-corrected chi connectivity index (χ1v) is 4.92. The third-order valence-electron chi connectivity index (χ3n) is 2.95. The maximum Gasteiger partial charge on any atom is 0.0771 e. The zero-order valence-corrected chi connectivity index (χ0v) is 7.58. The number of hydrogen-bond acceptors (Lipinski definition) is 3. The Morgan fingerprint density at radius 1 is 1.38 bits per heavy atom. The molecule has 2 N–H and O–H groups in total. The minimum atomic E-state index is 0.601. The smallest absolute Gasteiger partial charge is 0.0771 e. The minimum Gasteiger partial charge on any atom is -0.312 e. The molecule has 0 saturated carbocycles. The van der Waals surface area contributed by atoms with Crippen LogP contribution in [0.25, 0.3) is 0 Å². The summed E-state index contributed by atoms with van der Waals surface area (Å²) < 4.78 is 2.19. The monoisotopic (exact) mass is 178 g/mol. The van der Waals surface area contributed by atoms with Crippen LogP contribution in [0.1, 0.15) is 17.3 Å². The van der Waals surface area contributed by atoms with Crippen LogP contribution in [0.5, 0.6) is 0 Å². The predicted molar refractivity (Wildman–Crippen MR) is 49.5 cm³/mol. The van der Waals surface area contributed by atoms with Crippen molar-refractivity contribution in [2.24, 2.45) is 0 Å². The number of nitrogens with zero attached hydrogens (tertiary/aromatic N) is 2. The van der Waals surface area contributed by atoms with E-state index in [-0.39, 0.29) is 0 Å². The van der Waals surface area contributed by atoms with Crippen LogP contribution in [-0.4, -0.2) is 29.4 Å².